The first kappa shape index (κ1) is 19.3. The zero-order chi connectivity index (χ0) is 20.5. The van der Waals surface area contributed by atoms with Crippen LogP contribution in [0.15, 0.2) is 36.4 Å². The summed E-state index contributed by atoms with van der Waals surface area (Å²) in [4.78, 5) is 26.8. The first-order chi connectivity index (χ1) is 14.0. The molecule has 29 heavy (non-hydrogen) atoms. The Kier molecular flexibility index (Phi) is 5.18. The minimum atomic E-state index is -0.213. The highest BCUT2D eigenvalue weighted by Gasteiger charge is 2.36. The molecular formula is C23H26N2O4. The van der Waals surface area contributed by atoms with E-state index in [-0.39, 0.29) is 24.0 Å². The topological polar surface area (TPSA) is 67.9 Å². The number of carbonyl (C=O) groups is 2. The van der Waals surface area contributed by atoms with Gasteiger partial charge in [0.2, 0.25) is 5.91 Å². The van der Waals surface area contributed by atoms with Crippen molar-refractivity contribution in [1.82, 2.24) is 0 Å². The minimum absolute atomic E-state index is 0.0864. The van der Waals surface area contributed by atoms with Crippen molar-refractivity contribution in [2.45, 2.75) is 51.7 Å². The van der Waals surface area contributed by atoms with Gasteiger partial charge < -0.3 is 14.8 Å². The Balaban J connectivity index is 1.80. The molecule has 6 nitrogen and oxygen atoms in total. The molecular weight excluding hydrogens is 368 g/mol. The van der Waals surface area contributed by atoms with Crippen molar-refractivity contribution in [3.05, 3.63) is 47.5 Å². The molecule has 0 radical (unpaired) electrons. The van der Waals surface area contributed by atoms with Crippen molar-refractivity contribution in [2.75, 3.05) is 17.3 Å². The second-order valence-corrected chi connectivity index (χ2v) is 7.66. The van der Waals surface area contributed by atoms with Gasteiger partial charge in [0.25, 0.3) is 5.91 Å². The summed E-state index contributed by atoms with van der Waals surface area (Å²) in [6.07, 6.45) is 4.47. The Morgan fingerprint density at radius 3 is 2.52 bits per heavy atom. The highest BCUT2D eigenvalue weighted by atomic mass is 16.5. The predicted molar refractivity (Wildman–Crippen MR) is 112 cm³/mol. The third-order valence-corrected chi connectivity index (χ3v) is 5.70. The van der Waals surface area contributed by atoms with Gasteiger partial charge in [0.05, 0.1) is 30.6 Å². The van der Waals surface area contributed by atoms with Crippen molar-refractivity contribution in [2.24, 2.45) is 0 Å². The van der Waals surface area contributed by atoms with Crippen LogP contribution in [0, 0.1) is 0 Å². The molecule has 0 spiro atoms. The Hall–Kier alpha value is -3.02. The fourth-order valence-corrected chi connectivity index (χ4v) is 4.29. The van der Waals surface area contributed by atoms with Gasteiger partial charge in [-0.3, -0.25) is 14.5 Å². The molecule has 2 aromatic carbocycles. The molecule has 1 heterocycles. The zero-order valence-electron chi connectivity index (χ0n) is 17.0. The predicted octanol–water partition coefficient (Wildman–Crippen LogP) is 4.70. The van der Waals surface area contributed by atoms with Crippen LogP contribution in [0.25, 0.3) is 0 Å². The van der Waals surface area contributed by atoms with Crippen LogP contribution in [0.4, 0.5) is 11.4 Å². The van der Waals surface area contributed by atoms with E-state index >= 15 is 0 Å². The number of hydrogen-bond donors (Lipinski definition) is 1. The average molecular weight is 394 g/mol. The van der Waals surface area contributed by atoms with Crippen LogP contribution < -0.4 is 19.7 Å². The van der Waals surface area contributed by atoms with E-state index in [2.05, 4.69) is 5.32 Å². The average Bonchev–Trinajstić information content (AvgIpc) is 3.30. The number of benzene rings is 2. The standard InChI is InChI=1S/C23H26N2O4/c1-14-17-10-6-7-11-18(17)23(27)25(14)20-13-22(29-16-8-4-5-9-16)21(28-3)12-19(20)24-15(2)26/h6-7,10-14,16H,4-5,8-9H2,1-3H3,(H,24,26). The Morgan fingerprint density at radius 2 is 1.86 bits per heavy atom. The number of rotatable bonds is 5. The lowest BCUT2D eigenvalue weighted by Crippen LogP contribution is -2.27. The lowest BCUT2D eigenvalue weighted by Gasteiger charge is -2.27. The van der Waals surface area contributed by atoms with E-state index in [0.717, 1.165) is 31.2 Å². The van der Waals surface area contributed by atoms with Gasteiger partial charge in [-0.25, -0.2) is 0 Å². The molecule has 6 heteroatoms. The SMILES string of the molecule is COc1cc(NC(C)=O)c(N2C(=O)c3ccccc3C2C)cc1OC1CCCC1. The van der Waals surface area contributed by atoms with Gasteiger partial charge in [-0.1, -0.05) is 18.2 Å². The van der Waals surface area contributed by atoms with Crippen molar-refractivity contribution >= 4 is 23.2 Å². The molecule has 1 saturated carbocycles. The van der Waals surface area contributed by atoms with E-state index in [1.165, 1.54) is 6.92 Å². The first-order valence-electron chi connectivity index (χ1n) is 10.1. The van der Waals surface area contributed by atoms with Crippen LogP contribution in [0.2, 0.25) is 0 Å². The van der Waals surface area contributed by atoms with Gasteiger partial charge in [-0.05, 0) is 44.2 Å². The fraction of sp³-hybridized carbons (Fsp3) is 0.391. The number of nitrogens with one attached hydrogen (secondary N) is 1. The van der Waals surface area contributed by atoms with E-state index in [4.69, 9.17) is 9.47 Å². The highest BCUT2D eigenvalue weighted by molar-refractivity contribution is 6.13. The maximum atomic E-state index is 13.2. The van der Waals surface area contributed by atoms with Gasteiger partial charge in [0.1, 0.15) is 0 Å². The van der Waals surface area contributed by atoms with Crippen molar-refractivity contribution in [3.63, 3.8) is 0 Å². The van der Waals surface area contributed by atoms with Crippen LogP contribution in [0.1, 0.15) is 61.5 Å². The highest BCUT2D eigenvalue weighted by Crippen LogP contribution is 2.45. The van der Waals surface area contributed by atoms with Crippen LogP contribution in [0.5, 0.6) is 11.5 Å². The number of fused-ring (bicyclic) bond motifs is 1. The maximum Gasteiger partial charge on any atom is 0.259 e. The molecule has 1 aliphatic carbocycles. The van der Waals surface area contributed by atoms with E-state index in [9.17, 15) is 9.59 Å². The molecule has 0 saturated heterocycles. The van der Waals surface area contributed by atoms with Crippen molar-refractivity contribution in [1.29, 1.82) is 0 Å². The number of ether oxygens (including phenoxy) is 2. The molecule has 1 unspecified atom stereocenters. The van der Waals surface area contributed by atoms with Gasteiger partial charge in [-0.15, -0.1) is 0 Å². The maximum absolute atomic E-state index is 13.2. The van der Waals surface area contributed by atoms with Crippen LogP contribution in [0.3, 0.4) is 0 Å². The fourth-order valence-electron chi connectivity index (χ4n) is 4.29. The van der Waals surface area contributed by atoms with Gasteiger partial charge in [-0.2, -0.15) is 0 Å². The molecule has 2 amide bonds. The lowest BCUT2D eigenvalue weighted by atomic mass is 10.1. The quantitative estimate of drug-likeness (QED) is 0.798. The third-order valence-electron chi connectivity index (χ3n) is 5.70. The number of nitrogens with zero attached hydrogens (tertiary/aromatic N) is 1. The summed E-state index contributed by atoms with van der Waals surface area (Å²) in [6.45, 7) is 3.44. The van der Waals surface area contributed by atoms with E-state index in [0.29, 0.717) is 28.4 Å². The summed E-state index contributed by atoms with van der Waals surface area (Å²) in [6, 6.07) is 11.0. The number of methoxy groups -OCH3 is 1. The largest absolute Gasteiger partial charge is 0.493 e. The second-order valence-electron chi connectivity index (χ2n) is 7.66. The molecule has 152 valence electrons. The van der Waals surface area contributed by atoms with Crippen molar-refractivity contribution < 1.29 is 19.1 Å². The zero-order valence-corrected chi connectivity index (χ0v) is 17.0. The van der Waals surface area contributed by atoms with Crippen LogP contribution in [-0.2, 0) is 4.79 Å². The summed E-state index contributed by atoms with van der Waals surface area (Å²) in [7, 11) is 1.58. The third kappa shape index (κ3) is 3.55. The summed E-state index contributed by atoms with van der Waals surface area (Å²) in [5, 5.41) is 2.85. The number of amides is 2. The van der Waals surface area contributed by atoms with Crippen LogP contribution in [-0.4, -0.2) is 25.0 Å². The lowest BCUT2D eigenvalue weighted by molar-refractivity contribution is -0.114. The number of anilines is 2. The Labute approximate surface area is 170 Å². The summed E-state index contributed by atoms with van der Waals surface area (Å²) >= 11 is 0. The summed E-state index contributed by atoms with van der Waals surface area (Å²) in [5.74, 6) is 0.840. The molecule has 0 aromatic heterocycles. The smallest absolute Gasteiger partial charge is 0.259 e. The minimum Gasteiger partial charge on any atom is -0.493 e. The van der Waals surface area contributed by atoms with Gasteiger partial charge in [0.15, 0.2) is 11.5 Å². The number of hydrogen-bond acceptors (Lipinski definition) is 4. The molecule has 1 fully saturated rings. The normalized spacial score (nSPS) is 18.7. The van der Waals surface area contributed by atoms with Gasteiger partial charge in [0, 0.05) is 24.6 Å². The molecule has 1 aliphatic heterocycles. The van der Waals surface area contributed by atoms with Crippen molar-refractivity contribution in [3.8, 4) is 11.5 Å². The second kappa shape index (κ2) is 7.78. The van der Waals surface area contributed by atoms with E-state index in [1.54, 1.807) is 18.1 Å². The molecule has 2 aromatic rings. The monoisotopic (exact) mass is 394 g/mol. The Morgan fingerprint density at radius 1 is 1.14 bits per heavy atom. The molecule has 1 N–H and O–H groups in total. The first-order valence-corrected chi connectivity index (χ1v) is 10.1. The van der Waals surface area contributed by atoms with E-state index < -0.39 is 0 Å². The number of carbonyl (C=O) groups excluding carboxylic acids is 2. The van der Waals surface area contributed by atoms with Crippen LogP contribution >= 0.6 is 0 Å². The molecule has 4 rings (SSSR count). The Bertz CT molecular complexity index is 950. The molecule has 2 aliphatic rings. The molecule has 1 atom stereocenters. The molecule has 0 bridgehead atoms. The summed E-state index contributed by atoms with van der Waals surface area (Å²) in [5.41, 5.74) is 2.80. The van der Waals surface area contributed by atoms with E-state index in [1.807, 2.05) is 37.3 Å². The summed E-state index contributed by atoms with van der Waals surface area (Å²) < 4.78 is 11.8. The van der Waals surface area contributed by atoms with Gasteiger partial charge >= 0.3 is 0 Å².